The first-order valence-electron chi connectivity index (χ1n) is 7.99. The van der Waals surface area contributed by atoms with Crippen LogP contribution in [0.25, 0.3) is 0 Å². The fraction of sp³-hybridized carbons (Fsp3) is 0.333. The lowest BCUT2D eigenvalue weighted by Crippen LogP contribution is -2.28. The molecule has 0 aliphatic carbocycles. The molecule has 0 saturated carbocycles. The van der Waals surface area contributed by atoms with Gasteiger partial charge in [0, 0.05) is 12.2 Å². The maximum atomic E-state index is 5.63. The molecule has 128 valence electrons. The number of thiocarbonyl (C=S) groups is 1. The first kappa shape index (κ1) is 18.0. The number of nitrogens with one attached hydrogen (secondary N) is 2. The van der Waals surface area contributed by atoms with E-state index in [0.29, 0.717) is 24.9 Å². The number of benzene rings is 1. The zero-order valence-electron chi connectivity index (χ0n) is 14.3. The number of rotatable bonds is 7. The van der Waals surface area contributed by atoms with Gasteiger partial charge in [0.15, 0.2) is 16.6 Å². The lowest BCUT2D eigenvalue weighted by Gasteiger charge is -2.14. The molecule has 24 heavy (non-hydrogen) atoms. The molecule has 0 aliphatic heterocycles. The van der Waals surface area contributed by atoms with Gasteiger partial charge in [-0.3, -0.25) is 0 Å². The van der Waals surface area contributed by atoms with Crippen molar-refractivity contribution in [3.63, 3.8) is 0 Å². The number of aryl methyl sites for hydroxylation is 1. The number of hydrogen-bond donors (Lipinski definition) is 2. The molecule has 1 aromatic carbocycles. The molecule has 6 heteroatoms. The smallest absolute Gasteiger partial charge is 0.172 e. The van der Waals surface area contributed by atoms with Crippen LogP contribution in [-0.2, 0) is 6.54 Å². The Morgan fingerprint density at radius 3 is 2.54 bits per heavy atom. The Bertz CT molecular complexity index is 692. The monoisotopic (exact) mass is 345 g/mol. The summed E-state index contributed by atoms with van der Waals surface area (Å²) in [6.45, 7) is 7.63. The molecule has 0 radical (unpaired) electrons. The number of ether oxygens (including phenoxy) is 2. The van der Waals surface area contributed by atoms with E-state index in [1.165, 1.54) is 0 Å². The SMILES string of the molecule is CCOc1ccc(CNC(=S)Nc2cccc(C)n2)cc1OCC. The third kappa shape index (κ3) is 5.38. The highest BCUT2D eigenvalue weighted by molar-refractivity contribution is 7.80. The Labute approximate surface area is 148 Å². The van der Waals surface area contributed by atoms with Crippen LogP contribution in [0.5, 0.6) is 11.5 Å². The normalized spacial score (nSPS) is 10.1. The molecule has 0 bridgehead atoms. The first-order chi connectivity index (χ1) is 11.6. The van der Waals surface area contributed by atoms with Crippen LogP contribution >= 0.6 is 12.2 Å². The standard InChI is InChI=1S/C18H23N3O2S/c1-4-22-15-10-9-14(11-16(15)23-5-2)12-19-18(24)21-17-8-6-7-13(3)20-17/h6-11H,4-5,12H2,1-3H3,(H2,19,20,21,24). The molecule has 2 N–H and O–H groups in total. The Kier molecular flexibility index (Phi) is 6.81. The predicted octanol–water partition coefficient (Wildman–Crippen LogP) is 3.67. The molecule has 0 amide bonds. The van der Waals surface area contributed by atoms with Crippen LogP contribution in [0.1, 0.15) is 25.1 Å². The summed E-state index contributed by atoms with van der Waals surface area (Å²) in [5.41, 5.74) is 2.00. The summed E-state index contributed by atoms with van der Waals surface area (Å²) in [5, 5.41) is 6.78. The van der Waals surface area contributed by atoms with E-state index in [-0.39, 0.29) is 0 Å². The zero-order valence-corrected chi connectivity index (χ0v) is 15.1. The summed E-state index contributed by atoms with van der Waals surface area (Å²) in [7, 11) is 0. The molecule has 0 unspecified atom stereocenters. The van der Waals surface area contributed by atoms with Gasteiger partial charge in [-0.2, -0.15) is 0 Å². The lowest BCUT2D eigenvalue weighted by atomic mass is 10.2. The third-order valence-corrected chi connectivity index (χ3v) is 3.44. The second kappa shape index (κ2) is 9.08. The summed E-state index contributed by atoms with van der Waals surface area (Å²) in [6.07, 6.45) is 0. The zero-order chi connectivity index (χ0) is 17.4. The summed E-state index contributed by atoms with van der Waals surface area (Å²) >= 11 is 5.31. The Hall–Kier alpha value is -2.34. The second-order valence-corrected chi connectivity index (χ2v) is 5.53. The molecule has 5 nitrogen and oxygen atoms in total. The summed E-state index contributed by atoms with van der Waals surface area (Å²) < 4.78 is 11.2. The van der Waals surface area contributed by atoms with E-state index in [1.54, 1.807) is 0 Å². The molecule has 0 atom stereocenters. The van der Waals surface area contributed by atoms with E-state index in [2.05, 4.69) is 15.6 Å². The van der Waals surface area contributed by atoms with E-state index in [1.807, 2.05) is 57.2 Å². The molecular formula is C18H23N3O2S. The van der Waals surface area contributed by atoms with Crippen molar-refractivity contribution >= 4 is 23.1 Å². The van der Waals surface area contributed by atoms with Crippen molar-refractivity contribution in [2.75, 3.05) is 18.5 Å². The topological polar surface area (TPSA) is 55.4 Å². The Morgan fingerprint density at radius 2 is 1.83 bits per heavy atom. The highest BCUT2D eigenvalue weighted by atomic mass is 32.1. The van der Waals surface area contributed by atoms with Crippen LogP contribution in [0.15, 0.2) is 36.4 Å². The van der Waals surface area contributed by atoms with Gasteiger partial charge < -0.3 is 20.1 Å². The van der Waals surface area contributed by atoms with Crippen molar-refractivity contribution in [1.29, 1.82) is 0 Å². The van der Waals surface area contributed by atoms with Crippen molar-refractivity contribution in [2.24, 2.45) is 0 Å². The molecule has 2 aromatic rings. The van der Waals surface area contributed by atoms with Crippen molar-refractivity contribution in [1.82, 2.24) is 10.3 Å². The minimum absolute atomic E-state index is 0.528. The van der Waals surface area contributed by atoms with E-state index in [9.17, 15) is 0 Å². The highest BCUT2D eigenvalue weighted by Crippen LogP contribution is 2.28. The Morgan fingerprint density at radius 1 is 1.08 bits per heavy atom. The number of hydrogen-bond acceptors (Lipinski definition) is 4. The van der Waals surface area contributed by atoms with Crippen molar-refractivity contribution in [2.45, 2.75) is 27.3 Å². The molecule has 1 heterocycles. The van der Waals surface area contributed by atoms with Crippen LogP contribution in [0, 0.1) is 6.92 Å². The van der Waals surface area contributed by atoms with E-state index < -0.39 is 0 Å². The van der Waals surface area contributed by atoms with Crippen LogP contribution in [0.3, 0.4) is 0 Å². The highest BCUT2D eigenvalue weighted by Gasteiger charge is 2.07. The summed E-state index contributed by atoms with van der Waals surface area (Å²) in [4.78, 5) is 4.36. The minimum atomic E-state index is 0.528. The van der Waals surface area contributed by atoms with Gasteiger partial charge in [0.2, 0.25) is 0 Å². The van der Waals surface area contributed by atoms with Crippen molar-refractivity contribution in [3.8, 4) is 11.5 Å². The summed E-state index contributed by atoms with van der Waals surface area (Å²) in [5.74, 6) is 2.24. The maximum absolute atomic E-state index is 5.63. The molecule has 1 aromatic heterocycles. The van der Waals surface area contributed by atoms with Crippen molar-refractivity contribution in [3.05, 3.63) is 47.7 Å². The van der Waals surface area contributed by atoms with Crippen molar-refractivity contribution < 1.29 is 9.47 Å². The largest absolute Gasteiger partial charge is 0.490 e. The van der Waals surface area contributed by atoms with E-state index in [4.69, 9.17) is 21.7 Å². The second-order valence-electron chi connectivity index (χ2n) is 5.12. The number of pyridine rings is 1. The average molecular weight is 345 g/mol. The minimum Gasteiger partial charge on any atom is -0.490 e. The van der Waals surface area contributed by atoms with Gasteiger partial charge in [-0.1, -0.05) is 12.1 Å². The molecule has 0 spiro atoms. The number of nitrogens with zero attached hydrogens (tertiary/aromatic N) is 1. The molecule has 0 saturated heterocycles. The fourth-order valence-electron chi connectivity index (χ4n) is 2.16. The lowest BCUT2D eigenvalue weighted by molar-refractivity contribution is 0.287. The van der Waals surface area contributed by atoms with Gasteiger partial charge in [0.25, 0.3) is 0 Å². The molecule has 0 fully saturated rings. The van der Waals surface area contributed by atoms with Crippen LogP contribution in [0.2, 0.25) is 0 Å². The van der Waals surface area contributed by atoms with Gasteiger partial charge >= 0.3 is 0 Å². The predicted molar refractivity (Wildman–Crippen MR) is 101 cm³/mol. The molecule has 0 aliphatic rings. The molecule has 2 rings (SSSR count). The number of aromatic nitrogens is 1. The number of anilines is 1. The Balaban J connectivity index is 1.95. The fourth-order valence-corrected chi connectivity index (χ4v) is 2.34. The van der Waals surface area contributed by atoms with Gasteiger partial charge in [0.1, 0.15) is 5.82 Å². The third-order valence-electron chi connectivity index (χ3n) is 3.19. The van der Waals surface area contributed by atoms with Gasteiger partial charge in [-0.15, -0.1) is 0 Å². The van der Waals surface area contributed by atoms with Crippen LogP contribution in [0.4, 0.5) is 5.82 Å². The quantitative estimate of drug-likeness (QED) is 0.747. The average Bonchev–Trinajstić information content (AvgIpc) is 2.55. The first-order valence-corrected chi connectivity index (χ1v) is 8.40. The van der Waals surface area contributed by atoms with E-state index in [0.717, 1.165) is 28.6 Å². The maximum Gasteiger partial charge on any atom is 0.172 e. The summed E-state index contributed by atoms with van der Waals surface area (Å²) in [6, 6.07) is 11.6. The van der Waals surface area contributed by atoms with Gasteiger partial charge in [-0.25, -0.2) is 4.98 Å². The van der Waals surface area contributed by atoms with E-state index >= 15 is 0 Å². The van der Waals surface area contributed by atoms with Crippen LogP contribution in [-0.4, -0.2) is 23.3 Å². The van der Waals surface area contributed by atoms with Gasteiger partial charge in [0.05, 0.1) is 13.2 Å². The van der Waals surface area contributed by atoms with Crippen LogP contribution < -0.4 is 20.1 Å². The van der Waals surface area contributed by atoms with Gasteiger partial charge in [-0.05, 0) is 62.8 Å². The molecular weight excluding hydrogens is 322 g/mol.